The summed E-state index contributed by atoms with van der Waals surface area (Å²) in [4.78, 5) is 24.9. The second-order valence-electron chi connectivity index (χ2n) is 6.72. The number of nitrogens with zero attached hydrogens (tertiary/aromatic N) is 2. The molecule has 0 atom stereocenters. The minimum Gasteiger partial charge on any atom is -0.355 e. The number of carbonyl (C=O) groups is 2. The average molecular weight is 431 g/mol. The van der Waals surface area contributed by atoms with Gasteiger partial charge in [0.2, 0.25) is 0 Å². The number of hydrogen-bond donors (Lipinski definition) is 2. The molecule has 3 rings (SSSR count). The van der Waals surface area contributed by atoms with Crippen LogP contribution in [0, 0.1) is 0 Å². The van der Waals surface area contributed by atoms with Crippen LogP contribution in [-0.2, 0) is 0 Å². The molecule has 2 N–H and O–H groups in total. The smallest absolute Gasteiger partial charge is 0.259 e. The third-order valence-electron chi connectivity index (χ3n) is 4.35. The lowest BCUT2D eigenvalue weighted by Crippen LogP contribution is -2.19. The number of aromatic nitrogens is 2. The second kappa shape index (κ2) is 8.68. The molecule has 2 amide bonds. The Labute approximate surface area is 178 Å². The number of nitrogens with one attached hydrogen (secondary N) is 2. The summed E-state index contributed by atoms with van der Waals surface area (Å²) >= 11 is 12.2. The van der Waals surface area contributed by atoms with Gasteiger partial charge in [-0.25, -0.2) is 4.68 Å². The molecule has 1 heterocycles. The highest BCUT2D eigenvalue weighted by Crippen LogP contribution is 2.26. The predicted molar refractivity (Wildman–Crippen MR) is 115 cm³/mol. The SMILES string of the molecule is CNC(=O)c1cc(NC(=O)c2cnn(-c3cccc(Cl)c3)c2C(C)C)ccc1Cl. The van der Waals surface area contributed by atoms with Gasteiger partial charge in [0.25, 0.3) is 11.8 Å². The molecule has 0 aliphatic carbocycles. The molecule has 3 aromatic rings. The molecule has 1 aromatic heterocycles. The fourth-order valence-electron chi connectivity index (χ4n) is 3.01. The Kier molecular flexibility index (Phi) is 6.25. The fraction of sp³-hybridized carbons (Fsp3) is 0.190. The van der Waals surface area contributed by atoms with Gasteiger partial charge in [-0.15, -0.1) is 0 Å². The van der Waals surface area contributed by atoms with Gasteiger partial charge in [0.15, 0.2) is 0 Å². The Morgan fingerprint density at radius 1 is 1.03 bits per heavy atom. The normalized spacial score (nSPS) is 10.8. The van der Waals surface area contributed by atoms with Crippen molar-refractivity contribution in [1.29, 1.82) is 0 Å². The maximum Gasteiger partial charge on any atom is 0.259 e. The van der Waals surface area contributed by atoms with Gasteiger partial charge in [0.1, 0.15) is 0 Å². The van der Waals surface area contributed by atoms with E-state index in [1.54, 1.807) is 28.9 Å². The summed E-state index contributed by atoms with van der Waals surface area (Å²) in [5.41, 5.74) is 2.71. The molecular formula is C21H20Cl2N4O2. The zero-order valence-electron chi connectivity index (χ0n) is 16.2. The molecule has 0 aliphatic heterocycles. The van der Waals surface area contributed by atoms with Crippen molar-refractivity contribution in [3.63, 3.8) is 0 Å². The highest BCUT2D eigenvalue weighted by Gasteiger charge is 2.21. The first-order valence-electron chi connectivity index (χ1n) is 8.98. The average Bonchev–Trinajstić information content (AvgIpc) is 3.14. The zero-order valence-corrected chi connectivity index (χ0v) is 17.7. The molecule has 0 spiro atoms. The number of rotatable bonds is 5. The van der Waals surface area contributed by atoms with E-state index in [2.05, 4.69) is 15.7 Å². The number of hydrogen-bond acceptors (Lipinski definition) is 3. The monoisotopic (exact) mass is 430 g/mol. The first kappa shape index (κ1) is 20.9. The van der Waals surface area contributed by atoms with Crippen LogP contribution in [0.1, 0.15) is 46.2 Å². The van der Waals surface area contributed by atoms with Gasteiger partial charge in [0.05, 0.1) is 33.7 Å². The zero-order chi connectivity index (χ0) is 21.1. The lowest BCUT2D eigenvalue weighted by atomic mass is 10.0. The summed E-state index contributed by atoms with van der Waals surface area (Å²) in [5.74, 6) is -0.626. The summed E-state index contributed by atoms with van der Waals surface area (Å²) in [6.07, 6.45) is 1.53. The van der Waals surface area contributed by atoms with Crippen molar-refractivity contribution < 1.29 is 9.59 Å². The number of amides is 2. The van der Waals surface area contributed by atoms with E-state index in [0.29, 0.717) is 21.3 Å². The van der Waals surface area contributed by atoms with Crippen molar-refractivity contribution in [3.05, 3.63) is 75.5 Å². The molecule has 29 heavy (non-hydrogen) atoms. The van der Waals surface area contributed by atoms with E-state index in [1.165, 1.54) is 19.3 Å². The van der Waals surface area contributed by atoms with Gasteiger partial charge in [-0.05, 0) is 42.3 Å². The quantitative estimate of drug-likeness (QED) is 0.603. The molecule has 150 valence electrons. The largest absolute Gasteiger partial charge is 0.355 e. The van der Waals surface area contributed by atoms with Crippen LogP contribution in [0.25, 0.3) is 5.69 Å². The van der Waals surface area contributed by atoms with Crippen LogP contribution < -0.4 is 10.6 Å². The van der Waals surface area contributed by atoms with Crippen LogP contribution in [0.4, 0.5) is 5.69 Å². The van der Waals surface area contributed by atoms with E-state index in [-0.39, 0.29) is 23.3 Å². The molecule has 0 saturated carbocycles. The van der Waals surface area contributed by atoms with Gasteiger partial charge >= 0.3 is 0 Å². The van der Waals surface area contributed by atoms with Crippen LogP contribution in [0.2, 0.25) is 10.0 Å². The molecule has 0 unspecified atom stereocenters. The Balaban J connectivity index is 1.95. The first-order chi connectivity index (χ1) is 13.8. The van der Waals surface area contributed by atoms with E-state index in [4.69, 9.17) is 23.2 Å². The first-order valence-corrected chi connectivity index (χ1v) is 9.74. The molecule has 0 radical (unpaired) electrons. The van der Waals surface area contributed by atoms with E-state index in [1.807, 2.05) is 26.0 Å². The lowest BCUT2D eigenvalue weighted by Gasteiger charge is -2.13. The number of benzene rings is 2. The lowest BCUT2D eigenvalue weighted by molar-refractivity contribution is 0.0961. The van der Waals surface area contributed by atoms with Gasteiger partial charge < -0.3 is 10.6 Å². The summed E-state index contributed by atoms with van der Waals surface area (Å²) < 4.78 is 1.71. The van der Waals surface area contributed by atoms with Crippen molar-refractivity contribution in [2.24, 2.45) is 0 Å². The van der Waals surface area contributed by atoms with E-state index in [0.717, 1.165) is 11.4 Å². The van der Waals surface area contributed by atoms with Crippen LogP contribution in [0.15, 0.2) is 48.7 Å². The Morgan fingerprint density at radius 3 is 2.45 bits per heavy atom. The topological polar surface area (TPSA) is 76.0 Å². The van der Waals surface area contributed by atoms with Gasteiger partial charge in [0, 0.05) is 17.8 Å². The van der Waals surface area contributed by atoms with Crippen LogP contribution in [0.5, 0.6) is 0 Å². The van der Waals surface area contributed by atoms with Crippen molar-refractivity contribution in [3.8, 4) is 5.69 Å². The third-order valence-corrected chi connectivity index (χ3v) is 4.91. The molecule has 6 nitrogen and oxygen atoms in total. The molecule has 8 heteroatoms. The van der Waals surface area contributed by atoms with E-state index < -0.39 is 0 Å². The van der Waals surface area contributed by atoms with Crippen molar-refractivity contribution in [2.75, 3.05) is 12.4 Å². The molecule has 2 aromatic carbocycles. The van der Waals surface area contributed by atoms with Crippen molar-refractivity contribution in [1.82, 2.24) is 15.1 Å². The van der Waals surface area contributed by atoms with Crippen LogP contribution in [0.3, 0.4) is 0 Å². The minimum atomic E-state index is -0.331. The van der Waals surface area contributed by atoms with Crippen LogP contribution >= 0.6 is 23.2 Å². The highest BCUT2D eigenvalue weighted by molar-refractivity contribution is 6.34. The standard InChI is InChI=1S/C21H20Cl2N4O2/c1-12(2)19-17(11-25-27(19)15-6-4-5-13(22)9-15)21(29)26-14-7-8-18(23)16(10-14)20(28)24-3/h4-12H,1-3H3,(H,24,28)(H,26,29). The third kappa shape index (κ3) is 4.44. The Morgan fingerprint density at radius 2 is 1.79 bits per heavy atom. The molecule has 0 fully saturated rings. The van der Waals surface area contributed by atoms with Crippen molar-refractivity contribution >= 4 is 40.7 Å². The molecular weight excluding hydrogens is 411 g/mol. The maximum atomic E-state index is 13.0. The number of halogens is 2. The Bertz CT molecular complexity index is 1080. The summed E-state index contributed by atoms with van der Waals surface area (Å²) in [6, 6.07) is 12.0. The van der Waals surface area contributed by atoms with E-state index >= 15 is 0 Å². The fourth-order valence-corrected chi connectivity index (χ4v) is 3.40. The summed E-state index contributed by atoms with van der Waals surface area (Å²) in [6.45, 7) is 3.97. The Hall–Kier alpha value is -2.83. The van der Waals surface area contributed by atoms with Gasteiger partial charge in [-0.2, -0.15) is 5.10 Å². The number of carbonyl (C=O) groups excluding carboxylic acids is 2. The molecule has 0 aliphatic rings. The van der Waals surface area contributed by atoms with Gasteiger partial charge in [-0.3, -0.25) is 9.59 Å². The van der Waals surface area contributed by atoms with Crippen LogP contribution in [-0.4, -0.2) is 28.6 Å². The highest BCUT2D eigenvalue weighted by atomic mass is 35.5. The summed E-state index contributed by atoms with van der Waals surface area (Å²) in [5, 5.41) is 10.6. The van der Waals surface area contributed by atoms with E-state index in [9.17, 15) is 9.59 Å². The summed E-state index contributed by atoms with van der Waals surface area (Å²) in [7, 11) is 1.52. The minimum absolute atomic E-state index is 0.0314. The molecule has 0 bridgehead atoms. The van der Waals surface area contributed by atoms with Gasteiger partial charge in [-0.1, -0.05) is 43.1 Å². The number of anilines is 1. The maximum absolute atomic E-state index is 13.0. The molecule has 0 saturated heterocycles. The second-order valence-corrected chi connectivity index (χ2v) is 7.56. The predicted octanol–water partition coefficient (Wildman–Crippen LogP) is 4.91. The van der Waals surface area contributed by atoms with Crippen molar-refractivity contribution in [2.45, 2.75) is 19.8 Å².